The smallest absolute Gasteiger partial charge is 0.246 e. The molecule has 6 heteroatoms. The number of para-hydroxylation sites is 1. The SMILES string of the molecule is C[C@@H]1CCCN(S(=O)(=O)[C@H](C)C(=O)N(C)C)c2ccccc21. The highest BCUT2D eigenvalue weighted by molar-refractivity contribution is 7.94. The van der Waals surface area contributed by atoms with E-state index in [4.69, 9.17) is 0 Å². The average molecular weight is 324 g/mol. The first kappa shape index (κ1) is 16.8. The molecule has 1 aromatic carbocycles. The molecule has 0 bridgehead atoms. The van der Waals surface area contributed by atoms with Gasteiger partial charge in [-0.15, -0.1) is 0 Å². The number of sulfonamides is 1. The van der Waals surface area contributed by atoms with Crippen LogP contribution in [0, 0.1) is 0 Å². The molecule has 0 saturated heterocycles. The minimum absolute atomic E-state index is 0.316. The van der Waals surface area contributed by atoms with Crippen molar-refractivity contribution in [3.8, 4) is 0 Å². The van der Waals surface area contributed by atoms with Gasteiger partial charge in [0.2, 0.25) is 15.9 Å². The molecule has 122 valence electrons. The molecule has 2 rings (SSSR count). The minimum Gasteiger partial charge on any atom is -0.348 e. The normalized spacial score (nSPS) is 20.0. The summed E-state index contributed by atoms with van der Waals surface area (Å²) in [6.45, 7) is 4.01. The largest absolute Gasteiger partial charge is 0.348 e. The number of amides is 1. The number of benzene rings is 1. The van der Waals surface area contributed by atoms with E-state index in [-0.39, 0.29) is 0 Å². The fourth-order valence-corrected chi connectivity index (χ4v) is 4.57. The van der Waals surface area contributed by atoms with Gasteiger partial charge < -0.3 is 4.90 Å². The molecule has 1 amide bonds. The maximum Gasteiger partial charge on any atom is 0.246 e. The van der Waals surface area contributed by atoms with E-state index < -0.39 is 21.2 Å². The number of carbonyl (C=O) groups excluding carboxylic acids is 1. The first-order valence-electron chi connectivity index (χ1n) is 7.58. The molecule has 0 radical (unpaired) electrons. The number of hydrogen-bond donors (Lipinski definition) is 0. The summed E-state index contributed by atoms with van der Waals surface area (Å²) in [7, 11) is -0.572. The van der Waals surface area contributed by atoms with Crippen LogP contribution >= 0.6 is 0 Å². The van der Waals surface area contributed by atoms with Gasteiger partial charge in [0.1, 0.15) is 0 Å². The highest BCUT2D eigenvalue weighted by Gasteiger charge is 2.36. The standard InChI is InChI=1S/C16H24N2O3S/c1-12-8-7-11-18(15-10-6-5-9-14(12)15)22(20,21)13(2)16(19)17(3)4/h5-6,9-10,12-13H,7-8,11H2,1-4H3/t12-,13-/m1/s1. The van der Waals surface area contributed by atoms with Crippen molar-refractivity contribution in [3.63, 3.8) is 0 Å². The van der Waals surface area contributed by atoms with Gasteiger partial charge in [-0.1, -0.05) is 25.1 Å². The zero-order chi connectivity index (χ0) is 16.5. The molecule has 0 N–H and O–H groups in total. The van der Waals surface area contributed by atoms with Crippen LogP contribution in [0.15, 0.2) is 24.3 Å². The Morgan fingerprint density at radius 3 is 2.59 bits per heavy atom. The summed E-state index contributed by atoms with van der Waals surface area (Å²) in [5, 5.41) is -1.08. The highest BCUT2D eigenvalue weighted by Crippen LogP contribution is 2.36. The van der Waals surface area contributed by atoms with Crippen LogP contribution in [0.1, 0.15) is 38.2 Å². The van der Waals surface area contributed by atoms with Gasteiger partial charge in [-0.2, -0.15) is 0 Å². The van der Waals surface area contributed by atoms with Gasteiger partial charge in [-0.05, 0) is 37.3 Å². The van der Waals surface area contributed by atoms with E-state index in [1.165, 1.54) is 16.1 Å². The lowest BCUT2D eigenvalue weighted by Gasteiger charge is -2.28. The number of rotatable bonds is 3. The van der Waals surface area contributed by atoms with E-state index in [9.17, 15) is 13.2 Å². The van der Waals surface area contributed by atoms with Crippen molar-refractivity contribution in [1.29, 1.82) is 0 Å². The average Bonchev–Trinajstić information content (AvgIpc) is 2.65. The van der Waals surface area contributed by atoms with E-state index in [1.807, 2.05) is 24.3 Å². The van der Waals surface area contributed by atoms with Crippen LogP contribution < -0.4 is 4.31 Å². The Morgan fingerprint density at radius 2 is 1.95 bits per heavy atom. The van der Waals surface area contributed by atoms with Gasteiger partial charge in [0.05, 0.1) is 5.69 Å². The lowest BCUT2D eigenvalue weighted by molar-refractivity contribution is -0.127. The summed E-state index contributed by atoms with van der Waals surface area (Å²) in [5.74, 6) is -0.0777. The fraction of sp³-hybridized carbons (Fsp3) is 0.562. The summed E-state index contributed by atoms with van der Waals surface area (Å²) in [6, 6.07) is 7.59. The molecule has 2 atom stereocenters. The van der Waals surface area contributed by atoms with E-state index >= 15 is 0 Å². The Morgan fingerprint density at radius 1 is 1.32 bits per heavy atom. The van der Waals surface area contributed by atoms with Gasteiger partial charge in [0.15, 0.2) is 5.25 Å². The van der Waals surface area contributed by atoms with Crippen molar-refractivity contribution in [2.24, 2.45) is 0 Å². The van der Waals surface area contributed by atoms with Gasteiger partial charge >= 0.3 is 0 Å². The first-order chi connectivity index (χ1) is 10.3. The molecule has 1 aliphatic rings. The number of fused-ring (bicyclic) bond motifs is 1. The van der Waals surface area contributed by atoms with Gasteiger partial charge in [0.25, 0.3) is 0 Å². The number of nitrogens with zero attached hydrogens (tertiary/aromatic N) is 2. The van der Waals surface area contributed by atoms with Crippen molar-refractivity contribution >= 4 is 21.6 Å². The maximum atomic E-state index is 12.9. The zero-order valence-corrected chi connectivity index (χ0v) is 14.4. The molecule has 1 aliphatic heterocycles. The summed E-state index contributed by atoms with van der Waals surface area (Å²) in [5.41, 5.74) is 1.75. The quantitative estimate of drug-likeness (QED) is 0.856. The van der Waals surface area contributed by atoms with Crippen molar-refractivity contribution in [2.75, 3.05) is 24.9 Å². The maximum absolute atomic E-state index is 12.9. The summed E-state index contributed by atoms with van der Waals surface area (Å²) < 4.78 is 27.3. The second-order valence-electron chi connectivity index (χ2n) is 6.09. The van der Waals surface area contributed by atoms with Crippen molar-refractivity contribution in [3.05, 3.63) is 29.8 Å². The molecule has 0 spiro atoms. The number of hydrogen-bond acceptors (Lipinski definition) is 3. The van der Waals surface area contributed by atoms with Crippen LogP contribution in [0.5, 0.6) is 0 Å². The van der Waals surface area contributed by atoms with E-state index in [2.05, 4.69) is 6.92 Å². The van der Waals surface area contributed by atoms with Crippen molar-refractivity contribution in [2.45, 2.75) is 37.9 Å². The van der Waals surface area contributed by atoms with Crippen LogP contribution in [-0.4, -0.2) is 45.1 Å². The molecule has 0 saturated carbocycles. The molecule has 1 heterocycles. The zero-order valence-electron chi connectivity index (χ0n) is 13.6. The van der Waals surface area contributed by atoms with Crippen LogP contribution in [0.25, 0.3) is 0 Å². The highest BCUT2D eigenvalue weighted by atomic mass is 32.2. The predicted octanol–water partition coefficient (Wildman–Crippen LogP) is 2.20. The summed E-state index contributed by atoms with van der Waals surface area (Å²) in [4.78, 5) is 13.4. The predicted molar refractivity (Wildman–Crippen MR) is 88.5 cm³/mol. The Bertz CT molecular complexity index is 655. The molecule has 22 heavy (non-hydrogen) atoms. The molecule has 0 aromatic heterocycles. The Hall–Kier alpha value is -1.56. The molecule has 5 nitrogen and oxygen atoms in total. The Balaban J connectivity index is 2.47. The molecule has 0 unspecified atom stereocenters. The lowest BCUT2D eigenvalue weighted by atomic mass is 9.96. The van der Waals surface area contributed by atoms with Crippen LogP contribution in [0.3, 0.4) is 0 Å². The van der Waals surface area contributed by atoms with Crippen molar-refractivity contribution in [1.82, 2.24) is 4.90 Å². The van der Waals surface area contributed by atoms with Crippen LogP contribution in [-0.2, 0) is 14.8 Å². The topological polar surface area (TPSA) is 57.7 Å². The van der Waals surface area contributed by atoms with Crippen molar-refractivity contribution < 1.29 is 13.2 Å². The summed E-state index contributed by atoms with van der Waals surface area (Å²) in [6.07, 6.45) is 1.73. The van der Waals surface area contributed by atoms with Gasteiger partial charge in [-0.25, -0.2) is 8.42 Å². The number of carbonyl (C=O) groups is 1. The molecular weight excluding hydrogens is 300 g/mol. The Labute approximate surface area is 133 Å². The van der Waals surface area contributed by atoms with E-state index in [0.29, 0.717) is 18.2 Å². The molecular formula is C16H24N2O3S. The Kier molecular flexibility index (Phi) is 4.80. The third-order valence-electron chi connectivity index (χ3n) is 4.28. The minimum atomic E-state index is -3.72. The molecule has 0 fully saturated rings. The number of anilines is 1. The second kappa shape index (κ2) is 6.28. The van der Waals surface area contributed by atoms with Gasteiger partial charge in [0, 0.05) is 20.6 Å². The fourth-order valence-electron chi connectivity index (χ4n) is 2.89. The third kappa shape index (κ3) is 2.97. The molecule has 0 aliphatic carbocycles. The lowest BCUT2D eigenvalue weighted by Crippen LogP contribution is -2.45. The first-order valence-corrected chi connectivity index (χ1v) is 9.08. The molecule has 1 aromatic rings. The monoisotopic (exact) mass is 324 g/mol. The van der Waals surface area contributed by atoms with Crippen LogP contribution in [0.2, 0.25) is 0 Å². The van der Waals surface area contributed by atoms with E-state index in [1.54, 1.807) is 14.1 Å². The van der Waals surface area contributed by atoms with E-state index in [0.717, 1.165) is 18.4 Å². The third-order valence-corrected chi connectivity index (χ3v) is 6.37. The van der Waals surface area contributed by atoms with Gasteiger partial charge in [-0.3, -0.25) is 9.10 Å². The second-order valence-corrected chi connectivity index (χ2v) is 8.27. The summed E-state index contributed by atoms with van der Waals surface area (Å²) >= 11 is 0. The van der Waals surface area contributed by atoms with Crippen LogP contribution in [0.4, 0.5) is 5.69 Å².